The fraction of sp³-hybridized carbons (Fsp3) is 0.182. The van der Waals surface area contributed by atoms with Crippen LogP contribution in [0.3, 0.4) is 0 Å². The van der Waals surface area contributed by atoms with Crippen molar-refractivity contribution in [2.24, 2.45) is 5.10 Å². The molecule has 0 amide bonds. The van der Waals surface area contributed by atoms with Crippen LogP contribution >= 0.6 is 24.8 Å². The van der Waals surface area contributed by atoms with E-state index in [1.807, 2.05) is 0 Å². The number of hydrogen-bond acceptors (Lipinski definition) is 7. The molecule has 0 aliphatic rings. The van der Waals surface area contributed by atoms with E-state index in [4.69, 9.17) is 10.6 Å². The maximum absolute atomic E-state index is 9.84. The van der Waals surface area contributed by atoms with Crippen LogP contribution in [0.4, 0.5) is 5.95 Å². The van der Waals surface area contributed by atoms with Crippen LogP contribution in [0.5, 0.6) is 11.5 Å². The zero-order valence-corrected chi connectivity index (χ0v) is 13.0. The average molecular weight is 335 g/mol. The van der Waals surface area contributed by atoms with Crippen LogP contribution in [0.2, 0.25) is 0 Å². The van der Waals surface area contributed by atoms with Crippen LogP contribution in [-0.2, 0) is 0 Å². The van der Waals surface area contributed by atoms with Crippen LogP contribution in [0.25, 0.3) is 0 Å². The highest BCUT2D eigenvalue weighted by Crippen LogP contribution is 2.27. The van der Waals surface area contributed by atoms with Crippen LogP contribution in [0, 0.1) is 6.92 Å². The second-order valence-corrected chi connectivity index (χ2v) is 3.71. The number of aryl methyl sites for hydroxylation is 1. The Bertz CT molecular complexity index is 617. The van der Waals surface area contributed by atoms with E-state index >= 15 is 0 Å². The molecule has 116 valence electrons. The van der Waals surface area contributed by atoms with Crippen molar-refractivity contribution in [1.82, 2.24) is 14.9 Å². The van der Waals surface area contributed by atoms with Crippen LogP contribution in [0.15, 0.2) is 23.3 Å². The van der Waals surface area contributed by atoms with Gasteiger partial charge >= 0.3 is 0 Å². The number of para-hydroxylation sites is 1. The molecule has 0 radical (unpaired) electrons. The van der Waals surface area contributed by atoms with Crippen LogP contribution in [0.1, 0.15) is 11.4 Å². The summed E-state index contributed by atoms with van der Waals surface area (Å²) in [6, 6.07) is 5.09. The highest BCUT2D eigenvalue weighted by molar-refractivity contribution is 5.86. The molecule has 2 rings (SSSR count). The Morgan fingerprint density at radius 3 is 2.67 bits per heavy atom. The summed E-state index contributed by atoms with van der Waals surface area (Å²) in [5, 5.41) is 21.3. The van der Waals surface area contributed by atoms with E-state index < -0.39 is 0 Å². The van der Waals surface area contributed by atoms with Gasteiger partial charge < -0.3 is 15.7 Å². The Balaban J connectivity index is 0.00000200. The molecule has 4 N–H and O–H groups in total. The van der Waals surface area contributed by atoms with Crippen molar-refractivity contribution in [2.45, 2.75) is 6.92 Å². The molecular weight excluding hydrogens is 319 g/mol. The molecule has 0 bridgehead atoms. The first-order valence-corrected chi connectivity index (χ1v) is 5.45. The van der Waals surface area contributed by atoms with Gasteiger partial charge in [0.2, 0.25) is 0 Å². The zero-order chi connectivity index (χ0) is 13.8. The molecular formula is C11H16Cl2N6O2. The predicted molar refractivity (Wildman–Crippen MR) is 85.3 cm³/mol. The quantitative estimate of drug-likeness (QED) is 0.441. The van der Waals surface area contributed by atoms with Gasteiger partial charge in [-0.3, -0.25) is 0 Å². The number of benzene rings is 1. The number of nitrogens with two attached hydrogens (primary N) is 1. The van der Waals surface area contributed by atoms with Gasteiger partial charge in [-0.15, -0.1) is 35.0 Å². The number of methoxy groups -OCH3 is 1. The smallest absolute Gasteiger partial charge is 0.263 e. The van der Waals surface area contributed by atoms with Gasteiger partial charge in [0.15, 0.2) is 17.3 Å². The fourth-order valence-corrected chi connectivity index (χ4v) is 1.41. The number of aromatic hydroxyl groups is 1. The topological polar surface area (TPSA) is 111 Å². The summed E-state index contributed by atoms with van der Waals surface area (Å²) >= 11 is 0. The predicted octanol–water partition coefficient (Wildman–Crippen LogP) is 1.30. The largest absolute Gasteiger partial charge is 0.504 e. The molecule has 10 heteroatoms. The maximum Gasteiger partial charge on any atom is 0.263 e. The molecule has 1 aromatic carbocycles. The van der Waals surface area contributed by atoms with Crippen LogP contribution in [-0.4, -0.2) is 33.3 Å². The molecule has 0 saturated heterocycles. The number of ether oxygens (including phenoxy) is 1. The monoisotopic (exact) mass is 334 g/mol. The normalized spacial score (nSPS) is 9.81. The molecule has 0 aliphatic carbocycles. The fourth-order valence-electron chi connectivity index (χ4n) is 1.41. The number of nitrogen functional groups attached to an aromatic ring is 1. The first-order valence-electron chi connectivity index (χ1n) is 5.45. The van der Waals surface area contributed by atoms with Crippen molar-refractivity contribution in [1.29, 1.82) is 0 Å². The Morgan fingerprint density at radius 1 is 1.38 bits per heavy atom. The van der Waals surface area contributed by atoms with Gasteiger partial charge in [-0.2, -0.15) is 5.10 Å². The van der Waals surface area contributed by atoms with Gasteiger partial charge in [0, 0.05) is 5.56 Å². The number of phenols is 1. The van der Waals surface area contributed by atoms with Crippen molar-refractivity contribution in [3.8, 4) is 11.5 Å². The number of phenolic OH excluding ortho intramolecular Hbond substituents is 1. The van der Waals surface area contributed by atoms with E-state index in [-0.39, 0.29) is 30.6 Å². The number of halogens is 2. The van der Waals surface area contributed by atoms with Crippen LogP contribution < -0.4 is 16.0 Å². The minimum Gasteiger partial charge on any atom is -0.504 e. The number of hydrazone groups is 1. The Kier molecular flexibility index (Phi) is 7.32. The van der Waals surface area contributed by atoms with E-state index in [2.05, 4.69) is 20.7 Å². The Hall–Kier alpha value is -2.19. The Morgan fingerprint density at radius 2 is 2.10 bits per heavy atom. The summed E-state index contributed by atoms with van der Waals surface area (Å²) in [4.78, 5) is 0. The molecule has 1 heterocycles. The summed E-state index contributed by atoms with van der Waals surface area (Å²) in [5.41, 5.74) is 3.13. The number of nitrogens with zero attached hydrogens (tertiary/aromatic N) is 4. The summed E-state index contributed by atoms with van der Waals surface area (Å²) in [6.45, 7) is 1.72. The minimum atomic E-state index is 0. The lowest BCUT2D eigenvalue weighted by molar-refractivity contribution is 0.373. The first-order chi connectivity index (χ1) is 9.13. The van der Waals surface area contributed by atoms with Crippen molar-refractivity contribution in [2.75, 3.05) is 18.4 Å². The zero-order valence-electron chi connectivity index (χ0n) is 11.3. The number of hydrogen-bond donors (Lipinski definition) is 3. The van der Waals surface area contributed by atoms with Crippen molar-refractivity contribution in [3.63, 3.8) is 0 Å². The third kappa shape index (κ3) is 4.14. The van der Waals surface area contributed by atoms with Gasteiger partial charge in [-0.05, 0) is 19.1 Å². The lowest BCUT2D eigenvalue weighted by Gasteiger charge is -2.05. The second kappa shape index (κ2) is 8.18. The number of anilines is 1. The van der Waals surface area contributed by atoms with E-state index in [0.717, 1.165) is 0 Å². The highest BCUT2D eigenvalue weighted by Gasteiger charge is 2.06. The molecule has 2 aromatic rings. The standard InChI is InChI=1S/C11H14N6O2.2ClH/c1-7-14-16-11(17(7)12)15-13-6-8-4-3-5-9(19-2)10(8)18;;/h3-6,18H,12H2,1-2H3,(H,15,16);2*1H/b13-6+;;. The molecule has 0 atom stereocenters. The summed E-state index contributed by atoms with van der Waals surface area (Å²) < 4.78 is 6.26. The highest BCUT2D eigenvalue weighted by atomic mass is 35.5. The summed E-state index contributed by atoms with van der Waals surface area (Å²) in [5.74, 6) is 6.89. The summed E-state index contributed by atoms with van der Waals surface area (Å²) in [7, 11) is 1.48. The SMILES string of the molecule is COc1cccc(/C=N/Nc2nnc(C)n2N)c1O.Cl.Cl. The average Bonchev–Trinajstić information content (AvgIpc) is 2.72. The second-order valence-electron chi connectivity index (χ2n) is 3.71. The molecule has 21 heavy (non-hydrogen) atoms. The first kappa shape index (κ1) is 18.8. The minimum absolute atomic E-state index is 0. The van der Waals surface area contributed by atoms with E-state index in [0.29, 0.717) is 23.1 Å². The number of nitrogens with one attached hydrogen (secondary N) is 1. The number of rotatable bonds is 4. The molecule has 0 unspecified atom stereocenters. The lowest BCUT2D eigenvalue weighted by Crippen LogP contribution is -2.13. The number of aromatic nitrogens is 3. The van der Waals surface area contributed by atoms with Gasteiger partial charge in [-0.25, -0.2) is 10.1 Å². The lowest BCUT2D eigenvalue weighted by atomic mass is 10.2. The molecule has 0 fully saturated rings. The van der Waals surface area contributed by atoms with E-state index in [1.165, 1.54) is 18.0 Å². The molecule has 0 aliphatic heterocycles. The third-order valence-corrected chi connectivity index (χ3v) is 2.48. The molecule has 1 aromatic heterocycles. The van der Waals surface area contributed by atoms with Crippen molar-refractivity contribution < 1.29 is 9.84 Å². The van der Waals surface area contributed by atoms with E-state index in [9.17, 15) is 5.11 Å². The van der Waals surface area contributed by atoms with Gasteiger partial charge in [-0.1, -0.05) is 6.07 Å². The van der Waals surface area contributed by atoms with Gasteiger partial charge in [0.25, 0.3) is 5.95 Å². The summed E-state index contributed by atoms with van der Waals surface area (Å²) in [6.07, 6.45) is 1.43. The molecule has 8 nitrogen and oxygen atoms in total. The van der Waals surface area contributed by atoms with Gasteiger partial charge in [0.05, 0.1) is 13.3 Å². The molecule has 0 saturated carbocycles. The van der Waals surface area contributed by atoms with Gasteiger partial charge in [0.1, 0.15) is 0 Å². The Labute approximate surface area is 133 Å². The molecule has 0 spiro atoms. The van der Waals surface area contributed by atoms with Crippen molar-refractivity contribution in [3.05, 3.63) is 29.6 Å². The third-order valence-electron chi connectivity index (χ3n) is 2.48. The van der Waals surface area contributed by atoms with Crippen molar-refractivity contribution >= 4 is 37.0 Å². The maximum atomic E-state index is 9.84. The van der Waals surface area contributed by atoms with E-state index in [1.54, 1.807) is 25.1 Å².